The monoisotopic (exact) mass is 207 g/mol. The van der Waals surface area contributed by atoms with E-state index in [4.69, 9.17) is 0 Å². The van der Waals surface area contributed by atoms with Crippen molar-refractivity contribution in [2.24, 2.45) is 0 Å². The maximum Gasteiger partial charge on any atom is 0.0574 e. The van der Waals surface area contributed by atoms with Crippen LogP contribution in [0, 0.1) is 0 Å². The van der Waals surface area contributed by atoms with Gasteiger partial charge in [-0.1, -0.05) is 6.92 Å². The van der Waals surface area contributed by atoms with Gasteiger partial charge in [0.15, 0.2) is 0 Å². The summed E-state index contributed by atoms with van der Waals surface area (Å²) in [6, 6.07) is 4.60. The van der Waals surface area contributed by atoms with Gasteiger partial charge in [0.05, 0.1) is 17.6 Å². The number of hydrogen-bond acceptors (Lipinski definition) is 3. The van der Waals surface area contributed by atoms with Crippen LogP contribution in [0.15, 0.2) is 18.3 Å². The molecule has 0 amide bonds. The van der Waals surface area contributed by atoms with Gasteiger partial charge in [-0.25, -0.2) is 0 Å². The van der Waals surface area contributed by atoms with Gasteiger partial charge in [0.2, 0.25) is 0 Å². The molecule has 0 aliphatic heterocycles. The molecule has 3 nitrogen and oxygen atoms in total. The first-order valence-electron chi connectivity index (χ1n) is 5.57. The zero-order valence-electron chi connectivity index (χ0n) is 10.1. The fraction of sp³-hybridized carbons (Fsp3) is 0.583. The summed E-state index contributed by atoms with van der Waals surface area (Å²) in [5.74, 6) is 0. The van der Waals surface area contributed by atoms with E-state index in [0.717, 1.165) is 18.7 Å². The van der Waals surface area contributed by atoms with Gasteiger partial charge >= 0.3 is 0 Å². The number of anilines is 1. The maximum absolute atomic E-state index is 4.49. The molecular weight excluding hydrogens is 186 g/mol. The lowest BCUT2D eigenvalue weighted by atomic mass is 10.1. The van der Waals surface area contributed by atoms with Crippen molar-refractivity contribution in [1.29, 1.82) is 0 Å². The molecule has 0 aromatic carbocycles. The molecule has 15 heavy (non-hydrogen) atoms. The summed E-state index contributed by atoms with van der Waals surface area (Å²) in [7, 11) is 4.05. The molecule has 3 heteroatoms. The molecule has 1 aromatic heterocycles. The minimum Gasteiger partial charge on any atom is -0.374 e. The SMILES string of the molecule is CCC(NC)c1ccc(N(C)CC)cn1. The first-order valence-corrected chi connectivity index (χ1v) is 5.57. The quantitative estimate of drug-likeness (QED) is 0.802. The average molecular weight is 207 g/mol. The number of hydrogen-bond donors (Lipinski definition) is 1. The van der Waals surface area contributed by atoms with Gasteiger partial charge in [-0.2, -0.15) is 0 Å². The number of nitrogens with zero attached hydrogens (tertiary/aromatic N) is 2. The van der Waals surface area contributed by atoms with Crippen LogP contribution in [0.3, 0.4) is 0 Å². The largest absolute Gasteiger partial charge is 0.374 e. The standard InChI is InChI=1S/C12H21N3/c1-5-11(13-3)12-8-7-10(9-14-12)15(4)6-2/h7-9,11,13H,5-6H2,1-4H3. The molecule has 0 aliphatic rings. The lowest BCUT2D eigenvalue weighted by Gasteiger charge is -2.18. The lowest BCUT2D eigenvalue weighted by Crippen LogP contribution is -2.18. The summed E-state index contributed by atoms with van der Waals surface area (Å²) in [6.45, 7) is 5.30. The molecule has 0 fully saturated rings. The lowest BCUT2D eigenvalue weighted by molar-refractivity contribution is 0.561. The molecular formula is C12H21N3. The second-order valence-corrected chi connectivity index (χ2v) is 3.70. The third-order valence-electron chi connectivity index (χ3n) is 2.80. The molecule has 84 valence electrons. The van der Waals surface area contributed by atoms with E-state index in [2.05, 4.69) is 48.2 Å². The molecule has 1 unspecified atom stereocenters. The Kier molecular flexibility index (Phi) is 4.56. The third-order valence-corrected chi connectivity index (χ3v) is 2.80. The maximum atomic E-state index is 4.49. The smallest absolute Gasteiger partial charge is 0.0574 e. The predicted octanol–water partition coefficient (Wildman–Crippen LogP) is 2.21. The molecule has 0 saturated carbocycles. The highest BCUT2D eigenvalue weighted by molar-refractivity contribution is 5.43. The van der Waals surface area contributed by atoms with Crippen LogP contribution in [-0.4, -0.2) is 25.6 Å². The molecule has 0 aliphatic carbocycles. The second-order valence-electron chi connectivity index (χ2n) is 3.70. The van der Waals surface area contributed by atoms with Crippen molar-refractivity contribution in [2.75, 3.05) is 25.5 Å². The summed E-state index contributed by atoms with van der Waals surface area (Å²) in [5, 5.41) is 3.25. The Morgan fingerprint density at radius 2 is 2.13 bits per heavy atom. The minimum atomic E-state index is 0.367. The van der Waals surface area contributed by atoms with Crippen LogP contribution >= 0.6 is 0 Å². The van der Waals surface area contributed by atoms with Gasteiger partial charge in [-0.15, -0.1) is 0 Å². The summed E-state index contributed by atoms with van der Waals surface area (Å²) in [4.78, 5) is 6.66. The van der Waals surface area contributed by atoms with Gasteiger partial charge < -0.3 is 10.2 Å². The molecule has 1 heterocycles. The Bertz CT molecular complexity index is 277. The predicted molar refractivity (Wildman–Crippen MR) is 65.3 cm³/mol. The van der Waals surface area contributed by atoms with Gasteiger partial charge in [-0.3, -0.25) is 4.98 Å². The molecule has 0 saturated heterocycles. The summed E-state index contributed by atoms with van der Waals surface area (Å²) >= 11 is 0. The Morgan fingerprint density at radius 1 is 1.40 bits per heavy atom. The van der Waals surface area contributed by atoms with Crippen LogP contribution in [-0.2, 0) is 0 Å². The van der Waals surface area contributed by atoms with E-state index >= 15 is 0 Å². The van der Waals surface area contributed by atoms with E-state index < -0.39 is 0 Å². The molecule has 1 aromatic rings. The first kappa shape index (κ1) is 12.0. The number of pyridine rings is 1. The summed E-state index contributed by atoms with van der Waals surface area (Å²) < 4.78 is 0. The van der Waals surface area contributed by atoms with E-state index in [1.54, 1.807) is 0 Å². The fourth-order valence-electron chi connectivity index (χ4n) is 1.57. The second kappa shape index (κ2) is 5.71. The molecule has 1 N–H and O–H groups in total. The summed E-state index contributed by atoms with van der Waals surface area (Å²) in [5.41, 5.74) is 2.29. The molecule has 0 bridgehead atoms. The van der Waals surface area contributed by atoms with Crippen LogP contribution in [0.1, 0.15) is 32.0 Å². The van der Waals surface area contributed by atoms with Crippen LogP contribution in [0.4, 0.5) is 5.69 Å². The van der Waals surface area contributed by atoms with Crippen molar-refractivity contribution >= 4 is 5.69 Å². The van der Waals surface area contributed by atoms with Gasteiger partial charge in [0.25, 0.3) is 0 Å². The van der Waals surface area contributed by atoms with E-state index in [1.165, 1.54) is 5.69 Å². The highest BCUT2D eigenvalue weighted by atomic mass is 15.1. The van der Waals surface area contributed by atoms with Crippen LogP contribution < -0.4 is 10.2 Å². The normalized spacial score (nSPS) is 12.5. The molecule has 0 radical (unpaired) electrons. The number of rotatable bonds is 5. The van der Waals surface area contributed by atoms with Crippen molar-refractivity contribution in [2.45, 2.75) is 26.3 Å². The number of nitrogens with one attached hydrogen (secondary N) is 1. The average Bonchev–Trinajstić information content (AvgIpc) is 2.30. The van der Waals surface area contributed by atoms with Gasteiger partial charge in [0, 0.05) is 19.6 Å². The van der Waals surface area contributed by atoms with Crippen LogP contribution in [0.5, 0.6) is 0 Å². The van der Waals surface area contributed by atoms with Crippen molar-refractivity contribution in [3.63, 3.8) is 0 Å². The van der Waals surface area contributed by atoms with Crippen LogP contribution in [0.2, 0.25) is 0 Å². The van der Waals surface area contributed by atoms with Crippen molar-refractivity contribution in [3.05, 3.63) is 24.0 Å². The van der Waals surface area contributed by atoms with Crippen molar-refractivity contribution in [3.8, 4) is 0 Å². The van der Waals surface area contributed by atoms with Crippen LogP contribution in [0.25, 0.3) is 0 Å². The Hall–Kier alpha value is -1.09. The Balaban J connectivity index is 2.79. The van der Waals surface area contributed by atoms with Crippen molar-refractivity contribution < 1.29 is 0 Å². The zero-order chi connectivity index (χ0) is 11.3. The highest BCUT2D eigenvalue weighted by Crippen LogP contribution is 2.17. The Labute approximate surface area is 92.5 Å². The van der Waals surface area contributed by atoms with E-state index in [-0.39, 0.29) is 0 Å². The Morgan fingerprint density at radius 3 is 2.53 bits per heavy atom. The topological polar surface area (TPSA) is 28.2 Å². The van der Waals surface area contributed by atoms with E-state index in [1.807, 2.05) is 13.2 Å². The van der Waals surface area contributed by atoms with Gasteiger partial charge in [0.1, 0.15) is 0 Å². The fourth-order valence-corrected chi connectivity index (χ4v) is 1.57. The molecule has 1 rings (SSSR count). The van der Waals surface area contributed by atoms with E-state index in [0.29, 0.717) is 6.04 Å². The third kappa shape index (κ3) is 2.93. The summed E-state index contributed by atoms with van der Waals surface area (Å²) in [6.07, 6.45) is 3.01. The minimum absolute atomic E-state index is 0.367. The highest BCUT2D eigenvalue weighted by Gasteiger charge is 2.07. The van der Waals surface area contributed by atoms with E-state index in [9.17, 15) is 0 Å². The zero-order valence-corrected chi connectivity index (χ0v) is 10.1. The first-order chi connectivity index (χ1) is 7.22. The van der Waals surface area contributed by atoms with Gasteiger partial charge in [-0.05, 0) is 32.5 Å². The number of aromatic nitrogens is 1. The molecule has 0 spiro atoms. The molecule has 1 atom stereocenters. The van der Waals surface area contributed by atoms with Crippen molar-refractivity contribution in [1.82, 2.24) is 10.3 Å².